The number of rotatable bonds is 4. The fourth-order valence-corrected chi connectivity index (χ4v) is 3.59. The van der Waals surface area contributed by atoms with E-state index in [-0.39, 0.29) is 23.7 Å². The van der Waals surface area contributed by atoms with Crippen LogP contribution in [0.2, 0.25) is 0 Å². The third-order valence-electron chi connectivity index (χ3n) is 4.80. The van der Waals surface area contributed by atoms with E-state index < -0.39 is 6.10 Å². The van der Waals surface area contributed by atoms with Gasteiger partial charge in [0.2, 0.25) is 0 Å². The Balaban J connectivity index is 1.42. The zero-order chi connectivity index (χ0) is 17.4. The Bertz CT molecular complexity index is 890. The Kier molecular flexibility index (Phi) is 4.01. The van der Waals surface area contributed by atoms with Crippen molar-refractivity contribution >= 4 is 16.8 Å². The lowest BCUT2D eigenvalue weighted by Gasteiger charge is -2.15. The smallest absolute Gasteiger partial charge is 0.268 e. The molecule has 1 unspecified atom stereocenters. The molecule has 1 amide bonds. The van der Waals surface area contributed by atoms with E-state index in [1.807, 2.05) is 10.8 Å². The number of carbonyl (C=O) groups excluding carboxylic acids is 1. The first-order chi connectivity index (χ1) is 12.1. The van der Waals surface area contributed by atoms with E-state index in [4.69, 9.17) is 0 Å². The maximum atomic E-state index is 13.3. The molecular weight excluding hydrogens is 323 g/mol. The summed E-state index contributed by atoms with van der Waals surface area (Å²) in [6.45, 7) is 0.773. The summed E-state index contributed by atoms with van der Waals surface area (Å²) in [7, 11) is 0. The maximum Gasteiger partial charge on any atom is 0.268 e. The van der Waals surface area contributed by atoms with Crippen LogP contribution in [0.1, 0.15) is 23.3 Å². The Morgan fingerprint density at radius 3 is 3.08 bits per heavy atom. The van der Waals surface area contributed by atoms with Crippen molar-refractivity contribution in [2.45, 2.75) is 31.5 Å². The minimum absolute atomic E-state index is 0.284. The van der Waals surface area contributed by atoms with Gasteiger partial charge in [-0.15, -0.1) is 0 Å². The number of hydrogen-bond donors (Lipinski definition) is 3. The minimum atomic E-state index is -0.570. The second-order valence-electron chi connectivity index (χ2n) is 6.66. The fourth-order valence-electron chi connectivity index (χ4n) is 3.59. The number of H-pyrrole nitrogens is 1. The highest BCUT2D eigenvalue weighted by Crippen LogP contribution is 2.28. The minimum Gasteiger partial charge on any atom is -0.391 e. The highest BCUT2D eigenvalue weighted by Gasteiger charge is 2.34. The molecule has 3 atom stereocenters. The van der Waals surface area contributed by atoms with E-state index >= 15 is 0 Å². The topological polar surface area (TPSA) is 82.9 Å². The van der Waals surface area contributed by atoms with Gasteiger partial charge in [0.05, 0.1) is 18.5 Å². The molecule has 2 heterocycles. The Labute approximate surface area is 143 Å². The molecular formula is C18H19FN4O2. The molecule has 0 bridgehead atoms. The summed E-state index contributed by atoms with van der Waals surface area (Å²) < 4.78 is 15.3. The van der Waals surface area contributed by atoms with Gasteiger partial charge in [-0.1, -0.05) is 0 Å². The van der Waals surface area contributed by atoms with E-state index in [0.29, 0.717) is 29.4 Å². The zero-order valence-corrected chi connectivity index (χ0v) is 13.5. The molecule has 3 aromatic rings. The molecule has 2 aromatic heterocycles. The Hall–Kier alpha value is -2.67. The van der Waals surface area contributed by atoms with Crippen molar-refractivity contribution in [3.05, 3.63) is 54.5 Å². The number of nitrogens with one attached hydrogen (secondary N) is 2. The third kappa shape index (κ3) is 3.28. The zero-order valence-electron chi connectivity index (χ0n) is 13.5. The van der Waals surface area contributed by atoms with Crippen LogP contribution in [0, 0.1) is 11.7 Å². The van der Waals surface area contributed by atoms with E-state index in [0.717, 1.165) is 6.54 Å². The number of aliphatic hydroxyl groups is 1. The van der Waals surface area contributed by atoms with Crippen molar-refractivity contribution in [1.29, 1.82) is 0 Å². The first-order valence-corrected chi connectivity index (χ1v) is 8.31. The summed E-state index contributed by atoms with van der Waals surface area (Å²) in [5, 5.41) is 13.8. The van der Waals surface area contributed by atoms with Gasteiger partial charge in [-0.2, -0.15) is 0 Å². The van der Waals surface area contributed by atoms with E-state index in [1.165, 1.54) is 12.1 Å². The average molecular weight is 342 g/mol. The number of fused-ring (bicyclic) bond motifs is 1. The summed E-state index contributed by atoms with van der Waals surface area (Å²) in [4.78, 5) is 19.5. The molecule has 1 aliphatic rings. The predicted molar refractivity (Wildman–Crippen MR) is 90.5 cm³/mol. The van der Waals surface area contributed by atoms with Crippen molar-refractivity contribution in [3.63, 3.8) is 0 Å². The number of benzene rings is 1. The number of amides is 1. The third-order valence-corrected chi connectivity index (χ3v) is 4.80. The molecule has 1 aliphatic carbocycles. The number of aromatic amines is 1. The Morgan fingerprint density at radius 1 is 1.40 bits per heavy atom. The highest BCUT2D eigenvalue weighted by atomic mass is 19.1. The molecule has 25 heavy (non-hydrogen) atoms. The fraction of sp³-hybridized carbons (Fsp3) is 0.333. The summed E-state index contributed by atoms with van der Waals surface area (Å²) in [5.74, 6) is -0.345. The largest absolute Gasteiger partial charge is 0.391 e. The molecule has 0 radical (unpaired) electrons. The van der Waals surface area contributed by atoms with Crippen molar-refractivity contribution in [2.75, 3.05) is 0 Å². The van der Waals surface area contributed by atoms with Gasteiger partial charge in [0.15, 0.2) is 0 Å². The Morgan fingerprint density at radius 2 is 2.28 bits per heavy atom. The number of aromatic nitrogens is 3. The average Bonchev–Trinajstić information content (AvgIpc) is 3.28. The molecule has 3 N–H and O–H groups in total. The van der Waals surface area contributed by atoms with Gasteiger partial charge in [0.25, 0.3) is 5.91 Å². The number of imidazole rings is 1. The lowest BCUT2D eigenvalue weighted by atomic mass is 10.1. The molecule has 1 aromatic carbocycles. The summed E-state index contributed by atoms with van der Waals surface area (Å²) in [6, 6.07) is 5.67. The molecule has 0 aliphatic heterocycles. The molecule has 130 valence electrons. The van der Waals surface area contributed by atoms with Crippen molar-refractivity contribution in [3.8, 4) is 0 Å². The SMILES string of the molecule is O=C(N[C@@H]1CC(Cn2ccnc2)C[C@H]1O)c1cc2cc(F)ccc2[nH]1. The lowest BCUT2D eigenvalue weighted by Crippen LogP contribution is -2.40. The first-order valence-electron chi connectivity index (χ1n) is 8.31. The summed E-state index contributed by atoms with van der Waals surface area (Å²) in [6.07, 6.45) is 6.15. The van der Waals surface area contributed by atoms with Crippen molar-refractivity contribution in [2.24, 2.45) is 5.92 Å². The van der Waals surface area contributed by atoms with Crippen LogP contribution in [-0.4, -0.2) is 37.7 Å². The molecule has 6 nitrogen and oxygen atoms in total. The molecule has 1 saturated carbocycles. The second-order valence-corrected chi connectivity index (χ2v) is 6.66. The van der Waals surface area contributed by atoms with Crippen LogP contribution in [0.3, 0.4) is 0 Å². The van der Waals surface area contributed by atoms with Crippen LogP contribution in [0.15, 0.2) is 43.0 Å². The van der Waals surface area contributed by atoms with Crippen LogP contribution in [-0.2, 0) is 6.54 Å². The molecule has 4 rings (SSSR count). The van der Waals surface area contributed by atoms with E-state index in [1.54, 1.807) is 24.7 Å². The lowest BCUT2D eigenvalue weighted by molar-refractivity contribution is 0.0869. The number of aliphatic hydroxyl groups excluding tert-OH is 1. The first kappa shape index (κ1) is 15.8. The monoisotopic (exact) mass is 342 g/mol. The van der Waals surface area contributed by atoms with Gasteiger partial charge in [-0.3, -0.25) is 4.79 Å². The van der Waals surface area contributed by atoms with Gasteiger partial charge in [-0.05, 0) is 43.0 Å². The number of halogens is 1. The normalized spacial score (nSPS) is 23.2. The van der Waals surface area contributed by atoms with Crippen LogP contribution in [0.5, 0.6) is 0 Å². The van der Waals surface area contributed by atoms with E-state index in [2.05, 4.69) is 15.3 Å². The van der Waals surface area contributed by atoms with Crippen LogP contribution in [0.25, 0.3) is 10.9 Å². The van der Waals surface area contributed by atoms with Gasteiger partial charge < -0.3 is 20.0 Å². The standard InChI is InChI=1S/C18H19FN4O2/c19-13-1-2-14-12(7-13)8-16(21-14)18(25)22-15-5-11(6-17(15)24)9-23-4-3-20-10-23/h1-4,7-8,10-11,15,17,21,24H,5-6,9H2,(H,22,25)/t11?,15-,17-/m1/s1. The van der Waals surface area contributed by atoms with Crippen LogP contribution < -0.4 is 5.32 Å². The maximum absolute atomic E-state index is 13.3. The highest BCUT2D eigenvalue weighted by molar-refractivity contribution is 5.98. The molecule has 7 heteroatoms. The number of carbonyl (C=O) groups is 1. The van der Waals surface area contributed by atoms with Gasteiger partial charge >= 0.3 is 0 Å². The predicted octanol–water partition coefficient (Wildman–Crippen LogP) is 2.07. The van der Waals surface area contributed by atoms with E-state index in [9.17, 15) is 14.3 Å². The van der Waals surface area contributed by atoms with Crippen LogP contribution in [0.4, 0.5) is 4.39 Å². The number of hydrogen-bond acceptors (Lipinski definition) is 3. The quantitative estimate of drug-likeness (QED) is 0.679. The summed E-state index contributed by atoms with van der Waals surface area (Å²) >= 11 is 0. The molecule has 0 saturated heterocycles. The van der Waals surface area contributed by atoms with Crippen LogP contribution >= 0.6 is 0 Å². The molecule has 0 spiro atoms. The van der Waals surface area contributed by atoms with Crippen molar-refractivity contribution in [1.82, 2.24) is 19.9 Å². The summed E-state index contributed by atoms with van der Waals surface area (Å²) in [5.41, 5.74) is 1.07. The van der Waals surface area contributed by atoms with Crippen molar-refractivity contribution < 1.29 is 14.3 Å². The second kappa shape index (κ2) is 6.33. The van der Waals surface area contributed by atoms with Gasteiger partial charge in [0.1, 0.15) is 11.5 Å². The molecule has 1 fully saturated rings. The number of nitrogens with zero attached hydrogens (tertiary/aromatic N) is 2. The van der Waals surface area contributed by atoms with Gasteiger partial charge in [0, 0.05) is 29.8 Å². The van der Waals surface area contributed by atoms with Gasteiger partial charge in [-0.25, -0.2) is 9.37 Å².